The van der Waals surface area contributed by atoms with Crippen molar-refractivity contribution in [1.29, 1.82) is 0 Å². The van der Waals surface area contributed by atoms with E-state index in [9.17, 15) is 0 Å². The quantitative estimate of drug-likeness (QED) is 0.858. The molecule has 0 aliphatic heterocycles. The molecule has 3 heteroatoms. The molecule has 0 aliphatic carbocycles. The third-order valence-corrected chi connectivity index (χ3v) is 3.83. The standard InChI is InChI=1S/C16H28N2O/c1-12-7-8-15(13(2)9-12)18(5)14(11-17)10-16(3,4)19-6/h7-9,14H,10-11,17H2,1-6H3. The number of hydrogen-bond donors (Lipinski definition) is 1. The summed E-state index contributed by atoms with van der Waals surface area (Å²) in [5.74, 6) is 0. The average Bonchev–Trinajstić information content (AvgIpc) is 2.35. The smallest absolute Gasteiger partial charge is 0.0642 e. The molecule has 1 aromatic rings. The highest BCUT2D eigenvalue weighted by Crippen LogP contribution is 2.25. The van der Waals surface area contributed by atoms with Crippen LogP contribution in [0.3, 0.4) is 0 Å². The van der Waals surface area contributed by atoms with E-state index in [2.05, 4.69) is 57.8 Å². The molecular weight excluding hydrogens is 236 g/mol. The van der Waals surface area contributed by atoms with E-state index < -0.39 is 0 Å². The van der Waals surface area contributed by atoms with Gasteiger partial charge >= 0.3 is 0 Å². The summed E-state index contributed by atoms with van der Waals surface area (Å²) in [7, 11) is 3.87. The normalized spacial score (nSPS) is 13.4. The monoisotopic (exact) mass is 264 g/mol. The first-order chi connectivity index (χ1) is 8.80. The molecule has 2 N–H and O–H groups in total. The van der Waals surface area contributed by atoms with Gasteiger partial charge in [-0.05, 0) is 45.7 Å². The predicted molar refractivity (Wildman–Crippen MR) is 82.9 cm³/mol. The third-order valence-electron chi connectivity index (χ3n) is 3.83. The Hall–Kier alpha value is -1.06. The average molecular weight is 264 g/mol. The molecule has 0 fully saturated rings. The van der Waals surface area contributed by atoms with E-state index in [1.807, 2.05) is 0 Å². The van der Waals surface area contributed by atoms with Crippen molar-refractivity contribution in [1.82, 2.24) is 0 Å². The molecule has 108 valence electrons. The number of nitrogens with zero attached hydrogens (tertiary/aromatic N) is 1. The van der Waals surface area contributed by atoms with Gasteiger partial charge in [-0.1, -0.05) is 17.7 Å². The van der Waals surface area contributed by atoms with Crippen LogP contribution in [0.1, 0.15) is 31.4 Å². The molecule has 0 radical (unpaired) electrons. The van der Waals surface area contributed by atoms with Crippen LogP contribution in [0.5, 0.6) is 0 Å². The second-order valence-corrected chi connectivity index (χ2v) is 5.96. The molecule has 1 unspecified atom stereocenters. The predicted octanol–water partition coefficient (Wildman–Crippen LogP) is 2.88. The Balaban J connectivity index is 2.92. The number of nitrogens with two attached hydrogens (primary N) is 1. The number of ether oxygens (including phenoxy) is 1. The van der Waals surface area contributed by atoms with Gasteiger partial charge in [-0.25, -0.2) is 0 Å². The second-order valence-electron chi connectivity index (χ2n) is 5.96. The van der Waals surface area contributed by atoms with Gasteiger partial charge in [-0.15, -0.1) is 0 Å². The Bertz CT molecular complexity index is 415. The lowest BCUT2D eigenvalue weighted by Crippen LogP contribution is -2.43. The van der Waals surface area contributed by atoms with Crippen LogP contribution >= 0.6 is 0 Å². The summed E-state index contributed by atoms with van der Waals surface area (Å²) in [6.07, 6.45) is 0.907. The van der Waals surface area contributed by atoms with Crippen molar-refractivity contribution in [2.75, 3.05) is 25.6 Å². The Morgan fingerprint density at radius 2 is 1.95 bits per heavy atom. The fourth-order valence-corrected chi connectivity index (χ4v) is 2.43. The van der Waals surface area contributed by atoms with Gasteiger partial charge in [0.05, 0.1) is 5.60 Å². The topological polar surface area (TPSA) is 38.5 Å². The SMILES string of the molecule is COC(C)(C)CC(CN)N(C)c1ccc(C)cc1C. The molecule has 0 saturated heterocycles. The number of anilines is 1. The van der Waals surface area contributed by atoms with Crippen LogP contribution in [0.4, 0.5) is 5.69 Å². The minimum Gasteiger partial charge on any atom is -0.379 e. The molecule has 0 saturated carbocycles. The van der Waals surface area contributed by atoms with E-state index in [1.165, 1.54) is 16.8 Å². The van der Waals surface area contributed by atoms with Gasteiger partial charge in [0.15, 0.2) is 0 Å². The molecule has 0 aliphatic rings. The van der Waals surface area contributed by atoms with Gasteiger partial charge in [0.2, 0.25) is 0 Å². The van der Waals surface area contributed by atoms with E-state index >= 15 is 0 Å². The summed E-state index contributed by atoms with van der Waals surface area (Å²) in [4.78, 5) is 2.27. The summed E-state index contributed by atoms with van der Waals surface area (Å²) in [5, 5.41) is 0. The van der Waals surface area contributed by atoms with Crippen LogP contribution in [-0.4, -0.2) is 32.3 Å². The Labute approximate surface area is 117 Å². The first-order valence-corrected chi connectivity index (χ1v) is 6.86. The lowest BCUT2D eigenvalue weighted by Gasteiger charge is -2.35. The number of benzene rings is 1. The number of likely N-dealkylation sites (N-methyl/N-ethyl adjacent to an activating group) is 1. The van der Waals surface area contributed by atoms with Crippen molar-refractivity contribution in [2.24, 2.45) is 5.73 Å². The van der Waals surface area contributed by atoms with Gasteiger partial charge in [0, 0.05) is 32.4 Å². The molecule has 19 heavy (non-hydrogen) atoms. The van der Waals surface area contributed by atoms with Crippen LogP contribution in [0, 0.1) is 13.8 Å². The van der Waals surface area contributed by atoms with Gasteiger partial charge in [0.1, 0.15) is 0 Å². The summed E-state index contributed by atoms with van der Waals surface area (Å²) in [6, 6.07) is 6.80. The summed E-state index contributed by atoms with van der Waals surface area (Å²) in [5.41, 5.74) is 9.62. The molecule has 1 atom stereocenters. The number of methoxy groups -OCH3 is 1. The fraction of sp³-hybridized carbons (Fsp3) is 0.625. The fourth-order valence-electron chi connectivity index (χ4n) is 2.43. The van der Waals surface area contributed by atoms with Crippen molar-refractivity contribution in [3.8, 4) is 0 Å². The first kappa shape index (κ1) is 16.0. The van der Waals surface area contributed by atoms with Crippen LogP contribution in [-0.2, 0) is 4.74 Å². The zero-order chi connectivity index (χ0) is 14.6. The van der Waals surface area contributed by atoms with Crippen molar-refractivity contribution < 1.29 is 4.74 Å². The van der Waals surface area contributed by atoms with E-state index in [1.54, 1.807) is 7.11 Å². The maximum Gasteiger partial charge on any atom is 0.0642 e. The summed E-state index contributed by atoms with van der Waals surface area (Å²) < 4.78 is 5.52. The lowest BCUT2D eigenvalue weighted by atomic mass is 9.97. The van der Waals surface area contributed by atoms with Gasteiger partial charge in [0.25, 0.3) is 0 Å². The minimum absolute atomic E-state index is 0.156. The maximum absolute atomic E-state index is 5.96. The van der Waals surface area contributed by atoms with Crippen LogP contribution in [0.25, 0.3) is 0 Å². The third kappa shape index (κ3) is 4.22. The van der Waals surface area contributed by atoms with E-state index in [-0.39, 0.29) is 11.6 Å². The Morgan fingerprint density at radius 1 is 1.32 bits per heavy atom. The number of rotatable bonds is 6. The zero-order valence-electron chi connectivity index (χ0n) is 13.2. The zero-order valence-corrected chi connectivity index (χ0v) is 13.2. The summed E-state index contributed by atoms with van der Waals surface area (Å²) in [6.45, 7) is 9.09. The first-order valence-electron chi connectivity index (χ1n) is 6.86. The van der Waals surface area contributed by atoms with Gasteiger partial charge in [-0.2, -0.15) is 0 Å². The molecule has 0 amide bonds. The van der Waals surface area contributed by atoms with Crippen molar-refractivity contribution in [2.45, 2.75) is 45.8 Å². The van der Waals surface area contributed by atoms with Crippen molar-refractivity contribution in [3.05, 3.63) is 29.3 Å². The molecule has 1 rings (SSSR count). The van der Waals surface area contributed by atoms with E-state index in [0.29, 0.717) is 6.54 Å². The lowest BCUT2D eigenvalue weighted by molar-refractivity contribution is 0.0104. The highest BCUT2D eigenvalue weighted by atomic mass is 16.5. The van der Waals surface area contributed by atoms with Crippen LogP contribution in [0.2, 0.25) is 0 Å². The number of hydrogen-bond acceptors (Lipinski definition) is 3. The van der Waals surface area contributed by atoms with E-state index in [4.69, 9.17) is 10.5 Å². The van der Waals surface area contributed by atoms with Crippen molar-refractivity contribution >= 4 is 5.69 Å². The largest absolute Gasteiger partial charge is 0.379 e. The number of aryl methyl sites for hydroxylation is 2. The minimum atomic E-state index is -0.156. The molecule has 0 aromatic heterocycles. The van der Waals surface area contributed by atoms with Gasteiger partial charge in [-0.3, -0.25) is 0 Å². The van der Waals surface area contributed by atoms with Crippen LogP contribution < -0.4 is 10.6 Å². The van der Waals surface area contributed by atoms with Crippen molar-refractivity contribution in [3.63, 3.8) is 0 Å². The molecule has 3 nitrogen and oxygen atoms in total. The second kappa shape index (κ2) is 6.40. The Morgan fingerprint density at radius 3 is 2.42 bits per heavy atom. The summed E-state index contributed by atoms with van der Waals surface area (Å²) >= 11 is 0. The highest BCUT2D eigenvalue weighted by molar-refractivity contribution is 5.54. The maximum atomic E-state index is 5.96. The Kier molecular flexibility index (Phi) is 5.39. The van der Waals surface area contributed by atoms with Crippen LogP contribution in [0.15, 0.2) is 18.2 Å². The molecule has 0 spiro atoms. The molecule has 0 heterocycles. The highest BCUT2D eigenvalue weighted by Gasteiger charge is 2.25. The molecule has 1 aromatic carbocycles. The molecule has 0 bridgehead atoms. The van der Waals surface area contributed by atoms with Gasteiger partial charge < -0.3 is 15.4 Å². The molecular formula is C16H28N2O. The van der Waals surface area contributed by atoms with E-state index in [0.717, 1.165) is 6.42 Å².